The molecule has 1 aromatic carbocycles. The van der Waals surface area contributed by atoms with Crippen molar-refractivity contribution in [3.05, 3.63) is 30.0 Å². The molecule has 2 N–H and O–H groups in total. The Morgan fingerprint density at radius 3 is 2.81 bits per heavy atom. The molecule has 84 valence electrons. The van der Waals surface area contributed by atoms with Crippen molar-refractivity contribution in [2.75, 3.05) is 6.61 Å². The van der Waals surface area contributed by atoms with Crippen LogP contribution in [0.2, 0.25) is 0 Å². The van der Waals surface area contributed by atoms with Gasteiger partial charge in [0.2, 0.25) is 0 Å². The second-order valence-corrected chi connectivity index (χ2v) is 3.49. The Bertz CT molecular complexity index is 519. The molecule has 0 atom stereocenters. The average molecular weight is 220 g/mol. The number of aliphatic hydroxyl groups is 1. The number of aromatic nitrogens is 2. The van der Waals surface area contributed by atoms with E-state index in [9.17, 15) is 4.79 Å². The predicted octanol–water partition coefficient (Wildman–Crippen LogP) is 0.656. The van der Waals surface area contributed by atoms with E-state index in [1.165, 1.54) is 4.68 Å². The van der Waals surface area contributed by atoms with Crippen LogP contribution in [0.5, 0.6) is 0 Å². The Morgan fingerprint density at radius 1 is 1.38 bits per heavy atom. The fourth-order valence-electron chi connectivity index (χ4n) is 1.74. The van der Waals surface area contributed by atoms with Crippen molar-refractivity contribution in [2.45, 2.75) is 13.0 Å². The highest BCUT2D eigenvalue weighted by atomic mass is 16.4. The largest absolute Gasteiger partial charge is 0.480 e. The van der Waals surface area contributed by atoms with Gasteiger partial charge in [-0.3, -0.25) is 9.48 Å². The number of fused-ring (bicyclic) bond motifs is 1. The number of aliphatic carboxylic acids is 1. The quantitative estimate of drug-likeness (QED) is 0.793. The highest BCUT2D eigenvalue weighted by Crippen LogP contribution is 2.18. The van der Waals surface area contributed by atoms with Crippen molar-refractivity contribution in [1.82, 2.24) is 9.78 Å². The summed E-state index contributed by atoms with van der Waals surface area (Å²) in [5.41, 5.74) is 1.52. The van der Waals surface area contributed by atoms with Crippen molar-refractivity contribution in [3.63, 3.8) is 0 Å². The maximum absolute atomic E-state index is 10.7. The van der Waals surface area contributed by atoms with Gasteiger partial charge < -0.3 is 10.2 Å². The molecule has 0 saturated heterocycles. The number of carboxylic acid groups (broad SMARTS) is 1. The third-order valence-corrected chi connectivity index (χ3v) is 2.37. The van der Waals surface area contributed by atoms with Crippen LogP contribution in [0.25, 0.3) is 10.9 Å². The molecule has 1 aromatic heterocycles. The van der Waals surface area contributed by atoms with Crippen LogP contribution >= 0.6 is 0 Å². The molecule has 5 nitrogen and oxygen atoms in total. The molecule has 2 rings (SSSR count). The van der Waals surface area contributed by atoms with E-state index in [1.807, 2.05) is 24.3 Å². The first-order valence-electron chi connectivity index (χ1n) is 4.99. The molecule has 0 spiro atoms. The Kier molecular flexibility index (Phi) is 2.87. The summed E-state index contributed by atoms with van der Waals surface area (Å²) in [5.74, 6) is -0.927. The lowest BCUT2D eigenvalue weighted by Crippen LogP contribution is -2.10. The van der Waals surface area contributed by atoms with E-state index in [0.29, 0.717) is 6.42 Å². The Hall–Kier alpha value is -1.88. The van der Waals surface area contributed by atoms with Crippen LogP contribution in [0.3, 0.4) is 0 Å². The molecular formula is C11H12N2O3. The van der Waals surface area contributed by atoms with E-state index in [-0.39, 0.29) is 13.2 Å². The molecule has 1 heterocycles. The molecule has 0 bridgehead atoms. The van der Waals surface area contributed by atoms with Crippen LogP contribution in [-0.2, 0) is 17.8 Å². The summed E-state index contributed by atoms with van der Waals surface area (Å²) in [5, 5.41) is 22.8. The van der Waals surface area contributed by atoms with Crippen molar-refractivity contribution < 1.29 is 15.0 Å². The van der Waals surface area contributed by atoms with Gasteiger partial charge in [0, 0.05) is 18.4 Å². The standard InChI is InChI=1S/C11H12N2O3/c14-6-5-9-8-3-1-2-4-10(8)13(12-9)7-11(15)16/h1-4,14H,5-7H2,(H,15,16). The predicted molar refractivity (Wildman–Crippen MR) is 58.2 cm³/mol. The summed E-state index contributed by atoms with van der Waals surface area (Å²) in [6, 6.07) is 7.42. The van der Waals surface area contributed by atoms with E-state index in [4.69, 9.17) is 10.2 Å². The topological polar surface area (TPSA) is 75.3 Å². The summed E-state index contributed by atoms with van der Waals surface area (Å²) in [7, 11) is 0. The maximum atomic E-state index is 10.7. The minimum absolute atomic E-state index is 0.00801. The van der Waals surface area contributed by atoms with Crippen molar-refractivity contribution in [3.8, 4) is 0 Å². The molecule has 2 aromatic rings. The number of nitrogens with zero attached hydrogens (tertiary/aromatic N) is 2. The fourth-order valence-corrected chi connectivity index (χ4v) is 1.74. The number of rotatable bonds is 4. The van der Waals surface area contributed by atoms with Gasteiger partial charge in [0.15, 0.2) is 0 Å². The summed E-state index contributed by atoms with van der Waals surface area (Å²) >= 11 is 0. The van der Waals surface area contributed by atoms with E-state index in [1.54, 1.807) is 0 Å². The van der Waals surface area contributed by atoms with Gasteiger partial charge in [0.05, 0.1) is 11.2 Å². The number of benzene rings is 1. The summed E-state index contributed by atoms with van der Waals surface area (Å²) in [6.07, 6.45) is 0.438. The van der Waals surface area contributed by atoms with Crippen molar-refractivity contribution >= 4 is 16.9 Å². The second kappa shape index (κ2) is 4.32. The van der Waals surface area contributed by atoms with Crippen LogP contribution in [0.15, 0.2) is 24.3 Å². The van der Waals surface area contributed by atoms with Crippen LogP contribution in [0, 0.1) is 0 Å². The average Bonchev–Trinajstić information content (AvgIpc) is 2.58. The minimum Gasteiger partial charge on any atom is -0.480 e. The Morgan fingerprint density at radius 2 is 2.12 bits per heavy atom. The van der Waals surface area contributed by atoms with Crippen LogP contribution in [0.4, 0.5) is 0 Å². The molecule has 0 aliphatic rings. The molecule has 0 fully saturated rings. The molecule has 16 heavy (non-hydrogen) atoms. The normalized spacial score (nSPS) is 10.8. The maximum Gasteiger partial charge on any atom is 0.325 e. The lowest BCUT2D eigenvalue weighted by atomic mass is 10.2. The fraction of sp³-hybridized carbons (Fsp3) is 0.273. The molecule has 5 heteroatoms. The highest BCUT2D eigenvalue weighted by molar-refractivity contribution is 5.83. The Balaban J connectivity index is 2.52. The zero-order valence-electron chi connectivity index (χ0n) is 8.63. The zero-order valence-corrected chi connectivity index (χ0v) is 8.63. The first kappa shape index (κ1) is 10.6. The summed E-state index contributed by atoms with van der Waals surface area (Å²) in [4.78, 5) is 10.7. The molecule has 0 aliphatic heterocycles. The second-order valence-electron chi connectivity index (χ2n) is 3.49. The molecule has 0 saturated carbocycles. The van der Waals surface area contributed by atoms with Crippen molar-refractivity contribution in [1.29, 1.82) is 0 Å². The van der Waals surface area contributed by atoms with Gasteiger partial charge in [-0.2, -0.15) is 5.10 Å². The van der Waals surface area contributed by atoms with Gasteiger partial charge in [0.25, 0.3) is 0 Å². The van der Waals surface area contributed by atoms with Gasteiger partial charge in [-0.1, -0.05) is 18.2 Å². The third kappa shape index (κ3) is 1.90. The van der Waals surface area contributed by atoms with Crippen LogP contribution in [0.1, 0.15) is 5.69 Å². The first-order valence-corrected chi connectivity index (χ1v) is 4.99. The number of hydrogen-bond acceptors (Lipinski definition) is 3. The van der Waals surface area contributed by atoms with Crippen molar-refractivity contribution in [2.24, 2.45) is 0 Å². The van der Waals surface area contributed by atoms with Gasteiger partial charge in [-0.05, 0) is 6.07 Å². The number of aliphatic hydroxyl groups excluding tert-OH is 1. The molecule has 0 aliphatic carbocycles. The Labute approximate surface area is 91.9 Å². The molecule has 0 amide bonds. The third-order valence-electron chi connectivity index (χ3n) is 2.37. The number of carbonyl (C=O) groups is 1. The van der Waals surface area contributed by atoms with Gasteiger partial charge >= 0.3 is 5.97 Å². The molecule has 0 radical (unpaired) electrons. The van der Waals surface area contributed by atoms with E-state index in [2.05, 4.69) is 5.10 Å². The number of hydrogen-bond donors (Lipinski definition) is 2. The summed E-state index contributed by atoms with van der Waals surface area (Å²) in [6.45, 7) is -0.153. The highest BCUT2D eigenvalue weighted by Gasteiger charge is 2.11. The van der Waals surface area contributed by atoms with Crippen LogP contribution in [-0.4, -0.2) is 32.6 Å². The minimum atomic E-state index is -0.927. The summed E-state index contributed by atoms with van der Waals surface area (Å²) < 4.78 is 1.45. The first-order chi connectivity index (χ1) is 7.72. The van der Waals surface area contributed by atoms with Crippen LogP contribution < -0.4 is 0 Å². The van der Waals surface area contributed by atoms with Gasteiger partial charge in [-0.15, -0.1) is 0 Å². The van der Waals surface area contributed by atoms with E-state index < -0.39 is 5.97 Å². The molecule has 0 unspecified atom stereocenters. The van der Waals surface area contributed by atoms with E-state index in [0.717, 1.165) is 16.6 Å². The van der Waals surface area contributed by atoms with Gasteiger partial charge in [0.1, 0.15) is 6.54 Å². The number of carboxylic acids is 1. The number of para-hydroxylation sites is 1. The van der Waals surface area contributed by atoms with E-state index >= 15 is 0 Å². The van der Waals surface area contributed by atoms with Gasteiger partial charge in [-0.25, -0.2) is 0 Å². The zero-order chi connectivity index (χ0) is 11.5. The SMILES string of the molecule is O=C(O)Cn1nc(CCO)c2ccccc21. The monoisotopic (exact) mass is 220 g/mol. The molecular weight excluding hydrogens is 208 g/mol. The lowest BCUT2D eigenvalue weighted by molar-refractivity contribution is -0.137. The smallest absolute Gasteiger partial charge is 0.325 e. The lowest BCUT2D eigenvalue weighted by Gasteiger charge is -1.97.